The molecule has 0 radical (unpaired) electrons. The lowest BCUT2D eigenvalue weighted by Gasteiger charge is -2.40. The number of hydrogen-bond donors (Lipinski definition) is 1. The van der Waals surface area contributed by atoms with E-state index in [1.54, 1.807) is 6.92 Å². The van der Waals surface area contributed by atoms with Crippen molar-refractivity contribution in [2.24, 2.45) is 0 Å². The number of fused-ring (bicyclic) bond motifs is 3. The Balaban J connectivity index is 1.28. The van der Waals surface area contributed by atoms with E-state index in [-0.39, 0.29) is 17.5 Å². The predicted molar refractivity (Wildman–Crippen MR) is 135 cm³/mol. The van der Waals surface area contributed by atoms with Gasteiger partial charge in [-0.3, -0.25) is 9.59 Å². The topological polar surface area (TPSA) is 71.0 Å². The van der Waals surface area contributed by atoms with Crippen molar-refractivity contribution < 1.29 is 4.79 Å². The van der Waals surface area contributed by atoms with Gasteiger partial charge in [0.15, 0.2) is 5.16 Å². The first-order chi connectivity index (χ1) is 16.6. The lowest BCUT2D eigenvalue weighted by molar-refractivity contribution is -0.132. The standard InChI is InChI=1S/C27H32N4O2S/c1-17-14-24(32)29-27(28-17)34-16-25(33)30-12-13-31-22-11-10-19(18-6-3-2-4-7-18)15-21(22)20-8-5-9-23(30)26(20)31/h10-11,14-15,18,23H,2-9,12-13,16H2,1H3,(H,28,29,32). The highest BCUT2D eigenvalue weighted by Crippen LogP contribution is 2.44. The highest BCUT2D eigenvalue weighted by Gasteiger charge is 2.37. The number of nitrogens with one attached hydrogen (secondary N) is 1. The SMILES string of the molecule is Cc1cc(=O)[nH]c(SCC(=O)N2CCn3c4c(c5cc(C6CCCCC6)ccc53)CCCC42)n1. The molecule has 34 heavy (non-hydrogen) atoms. The number of benzene rings is 1. The molecule has 1 unspecified atom stereocenters. The van der Waals surface area contributed by atoms with Crippen molar-refractivity contribution in [3.05, 3.63) is 57.1 Å². The monoisotopic (exact) mass is 476 g/mol. The van der Waals surface area contributed by atoms with Crippen LogP contribution < -0.4 is 5.56 Å². The summed E-state index contributed by atoms with van der Waals surface area (Å²) in [6.45, 7) is 3.39. The van der Waals surface area contributed by atoms with Crippen LogP contribution >= 0.6 is 11.8 Å². The zero-order valence-electron chi connectivity index (χ0n) is 19.8. The van der Waals surface area contributed by atoms with E-state index < -0.39 is 0 Å². The van der Waals surface area contributed by atoms with Crippen LogP contribution in [0.25, 0.3) is 10.9 Å². The third-order valence-electron chi connectivity index (χ3n) is 7.97. The van der Waals surface area contributed by atoms with Crippen LogP contribution in [-0.2, 0) is 17.8 Å². The quantitative estimate of drug-likeness (QED) is 0.420. The number of rotatable bonds is 4. The van der Waals surface area contributed by atoms with E-state index in [1.165, 1.54) is 77.7 Å². The summed E-state index contributed by atoms with van der Waals surface area (Å²) in [7, 11) is 0. The Morgan fingerprint density at radius 2 is 1.97 bits per heavy atom. The van der Waals surface area contributed by atoms with Gasteiger partial charge in [-0.25, -0.2) is 4.98 Å². The molecule has 178 valence electrons. The van der Waals surface area contributed by atoms with E-state index in [0.717, 1.165) is 32.4 Å². The highest BCUT2D eigenvalue weighted by molar-refractivity contribution is 7.99. The lowest BCUT2D eigenvalue weighted by atomic mass is 9.83. The smallest absolute Gasteiger partial charge is 0.251 e. The van der Waals surface area contributed by atoms with E-state index in [1.807, 2.05) is 0 Å². The third kappa shape index (κ3) is 3.88. The highest BCUT2D eigenvalue weighted by atomic mass is 32.2. The summed E-state index contributed by atoms with van der Waals surface area (Å²) in [5, 5.41) is 1.94. The van der Waals surface area contributed by atoms with Gasteiger partial charge in [-0.1, -0.05) is 37.1 Å². The van der Waals surface area contributed by atoms with Gasteiger partial charge >= 0.3 is 0 Å². The second-order valence-electron chi connectivity index (χ2n) is 10.1. The van der Waals surface area contributed by atoms with Crippen molar-refractivity contribution >= 4 is 28.6 Å². The number of aromatic nitrogens is 3. The van der Waals surface area contributed by atoms with Gasteiger partial charge in [0.2, 0.25) is 5.91 Å². The van der Waals surface area contributed by atoms with Gasteiger partial charge in [0.05, 0.1) is 11.8 Å². The van der Waals surface area contributed by atoms with Gasteiger partial charge in [-0.2, -0.15) is 0 Å². The number of carbonyl (C=O) groups excluding carboxylic acids is 1. The first kappa shape index (κ1) is 22.0. The lowest BCUT2D eigenvalue weighted by Crippen LogP contribution is -2.44. The second kappa shape index (κ2) is 8.91. The van der Waals surface area contributed by atoms with Crippen molar-refractivity contribution in [2.75, 3.05) is 12.3 Å². The molecule has 1 aromatic carbocycles. The van der Waals surface area contributed by atoms with Crippen LogP contribution in [0.5, 0.6) is 0 Å². The largest absolute Gasteiger partial charge is 0.341 e. The van der Waals surface area contributed by atoms with Crippen LogP contribution in [0.15, 0.2) is 34.2 Å². The van der Waals surface area contributed by atoms with Crippen LogP contribution in [0.1, 0.15) is 79.4 Å². The van der Waals surface area contributed by atoms with Crippen LogP contribution in [0.3, 0.4) is 0 Å². The van der Waals surface area contributed by atoms with E-state index in [0.29, 0.717) is 22.5 Å². The molecule has 7 heteroatoms. The maximum Gasteiger partial charge on any atom is 0.251 e. The summed E-state index contributed by atoms with van der Waals surface area (Å²) in [4.78, 5) is 34.2. The summed E-state index contributed by atoms with van der Waals surface area (Å²) < 4.78 is 2.50. The Kier molecular flexibility index (Phi) is 5.76. The number of thioether (sulfide) groups is 1. The first-order valence-corrected chi connectivity index (χ1v) is 13.7. The Hall–Kier alpha value is -2.54. The zero-order chi connectivity index (χ0) is 23.2. The number of aromatic amines is 1. The number of H-pyrrole nitrogens is 1. The molecule has 3 heterocycles. The van der Waals surface area contributed by atoms with Crippen LogP contribution in [-0.4, -0.2) is 37.6 Å². The van der Waals surface area contributed by atoms with Crippen molar-refractivity contribution in [1.82, 2.24) is 19.4 Å². The minimum absolute atomic E-state index is 0.131. The number of nitrogens with zero attached hydrogens (tertiary/aromatic N) is 3. The summed E-state index contributed by atoms with van der Waals surface area (Å²) in [5.41, 5.74) is 6.20. The fourth-order valence-corrected chi connectivity index (χ4v) is 7.25. The first-order valence-electron chi connectivity index (χ1n) is 12.7. The van der Waals surface area contributed by atoms with Gasteiger partial charge in [0.1, 0.15) is 0 Å². The summed E-state index contributed by atoms with van der Waals surface area (Å²) >= 11 is 1.32. The van der Waals surface area contributed by atoms with Gasteiger partial charge in [0, 0.05) is 41.4 Å². The molecule has 1 N–H and O–H groups in total. The number of amides is 1. The van der Waals surface area contributed by atoms with E-state index in [4.69, 9.17) is 0 Å². The average molecular weight is 477 g/mol. The van der Waals surface area contributed by atoms with Crippen molar-refractivity contribution in [3.63, 3.8) is 0 Å². The van der Waals surface area contributed by atoms with Gasteiger partial charge in [0.25, 0.3) is 5.56 Å². The van der Waals surface area contributed by atoms with E-state index >= 15 is 0 Å². The molecule has 0 bridgehead atoms. The Labute approximate surface area is 204 Å². The van der Waals surface area contributed by atoms with E-state index in [9.17, 15) is 9.59 Å². The maximum absolute atomic E-state index is 13.3. The minimum Gasteiger partial charge on any atom is -0.341 e. The molecule has 1 aliphatic heterocycles. The zero-order valence-corrected chi connectivity index (χ0v) is 20.6. The molecule has 3 aliphatic rings. The average Bonchev–Trinajstić information content (AvgIpc) is 3.17. The molecule has 0 saturated heterocycles. The maximum atomic E-state index is 13.3. The van der Waals surface area contributed by atoms with Crippen LogP contribution in [0.4, 0.5) is 0 Å². The summed E-state index contributed by atoms with van der Waals surface area (Å²) in [6, 6.07) is 8.82. The summed E-state index contributed by atoms with van der Waals surface area (Å²) in [6.07, 6.45) is 9.97. The Bertz CT molecular complexity index is 1300. The molecule has 2 aromatic heterocycles. The molecular weight excluding hydrogens is 444 g/mol. The molecule has 1 amide bonds. The Morgan fingerprint density at radius 3 is 2.79 bits per heavy atom. The number of carbonyl (C=O) groups is 1. The third-order valence-corrected chi connectivity index (χ3v) is 8.83. The molecule has 2 aliphatic carbocycles. The van der Waals surface area contributed by atoms with Gasteiger partial charge in [-0.15, -0.1) is 0 Å². The molecule has 3 aromatic rings. The molecule has 1 atom stereocenters. The predicted octanol–water partition coefficient (Wildman–Crippen LogP) is 5.09. The Morgan fingerprint density at radius 1 is 1.12 bits per heavy atom. The molecule has 6 nitrogen and oxygen atoms in total. The normalized spacial score (nSPS) is 20.5. The molecule has 1 saturated carbocycles. The fraction of sp³-hybridized carbons (Fsp3) is 0.519. The van der Waals surface area contributed by atoms with Gasteiger partial charge in [-0.05, 0) is 68.2 Å². The van der Waals surface area contributed by atoms with Crippen molar-refractivity contribution in [2.45, 2.75) is 82.0 Å². The van der Waals surface area contributed by atoms with Crippen LogP contribution in [0, 0.1) is 6.92 Å². The molecule has 6 rings (SSSR count). The minimum atomic E-state index is -0.172. The van der Waals surface area contributed by atoms with Crippen molar-refractivity contribution in [3.8, 4) is 0 Å². The van der Waals surface area contributed by atoms with Crippen molar-refractivity contribution in [1.29, 1.82) is 0 Å². The molecular formula is C27H32N4O2S. The second-order valence-corrected chi connectivity index (χ2v) is 11.1. The molecule has 0 spiro atoms. The fourth-order valence-electron chi connectivity index (χ4n) is 6.44. The van der Waals surface area contributed by atoms with E-state index in [2.05, 4.69) is 37.6 Å². The van der Waals surface area contributed by atoms with Crippen LogP contribution in [0.2, 0.25) is 0 Å². The van der Waals surface area contributed by atoms with Gasteiger partial charge < -0.3 is 14.5 Å². The number of hydrogen-bond acceptors (Lipinski definition) is 4. The summed E-state index contributed by atoms with van der Waals surface area (Å²) in [5.74, 6) is 1.13. The molecule has 1 fully saturated rings. The number of aryl methyl sites for hydroxylation is 2.